The van der Waals surface area contributed by atoms with Gasteiger partial charge in [0.2, 0.25) is 0 Å². The Morgan fingerprint density at radius 2 is 1.22 bits per heavy atom. The second-order valence-corrected chi connectivity index (χ2v) is 12.9. The molecule has 0 unspecified atom stereocenters. The molecule has 10 aromatic rings. The molecular formula is C44H31N5O. The molecule has 0 radical (unpaired) electrons. The van der Waals surface area contributed by atoms with Crippen LogP contribution in [0.3, 0.4) is 0 Å². The van der Waals surface area contributed by atoms with Crippen LogP contribution in [0.15, 0.2) is 152 Å². The predicted octanol–water partition coefficient (Wildman–Crippen LogP) is 11.0. The average Bonchev–Trinajstić information content (AvgIpc) is 3.83. The second kappa shape index (κ2) is 10.9. The highest BCUT2D eigenvalue weighted by Gasteiger charge is 2.18. The summed E-state index contributed by atoms with van der Waals surface area (Å²) < 4.78 is 13.1. The number of ether oxygens (including phenoxy) is 1. The Hall–Kier alpha value is -6.66. The number of hydrogen-bond acceptors (Lipinski definition) is 3. The molecule has 50 heavy (non-hydrogen) atoms. The first kappa shape index (κ1) is 28.4. The molecule has 0 aliphatic heterocycles. The predicted molar refractivity (Wildman–Crippen MR) is 204 cm³/mol. The van der Waals surface area contributed by atoms with Crippen molar-refractivity contribution in [1.29, 1.82) is 0 Å². The van der Waals surface area contributed by atoms with Gasteiger partial charge in [-0.25, -0.2) is 9.67 Å². The highest BCUT2D eigenvalue weighted by molar-refractivity contribution is 6.12. The zero-order valence-corrected chi connectivity index (χ0v) is 27.6. The summed E-state index contributed by atoms with van der Waals surface area (Å²) in [5.41, 5.74) is 9.99. The van der Waals surface area contributed by atoms with E-state index in [2.05, 4.69) is 114 Å². The Morgan fingerprint density at radius 1 is 0.520 bits per heavy atom. The minimum Gasteiger partial charge on any atom is -0.457 e. The third-order valence-electron chi connectivity index (χ3n) is 9.81. The van der Waals surface area contributed by atoms with Gasteiger partial charge >= 0.3 is 0 Å². The van der Waals surface area contributed by atoms with E-state index in [-0.39, 0.29) is 0 Å². The molecule has 0 atom stereocenters. The maximum Gasteiger partial charge on any atom is 0.139 e. The lowest BCUT2D eigenvalue weighted by Crippen LogP contribution is -2.02. The van der Waals surface area contributed by atoms with Gasteiger partial charge in [-0.1, -0.05) is 78.9 Å². The summed E-state index contributed by atoms with van der Waals surface area (Å²) in [4.78, 5) is 4.97. The monoisotopic (exact) mass is 645 g/mol. The molecule has 6 heteroatoms. The lowest BCUT2D eigenvalue weighted by molar-refractivity contribution is 0.483. The largest absolute Gasteiger partial charge is 0.457 e. The Bertz CT molecular complexity index is 2850. The van der Waals surface area contributed by atoms with Gasteiger partial charge in [0.05, 0.1) is 39.0 Å². The van der Waals surface area contributed by atoms with Gasteiger partial charge in [0.1, 0.15) is 17.3 Å². The number of pyridine rings is 1. The van der Waals surface area contributed by atoms with Crippen molar-refractivity contribution >= 4 is 54.5 Å². The average molecular weight is 646 g/mol. The molecule has 4 aromatic heterocycles. The van der Waals surface area contributed by atoms with Crippen LogP contribution < -0.4 is 4.74 Å². The van der Waals surface area contributed by atoms with Gasteiger partial charge < -0.3 is 9.30 Å². The van der Waals surface area contributed by atoms with E-state index in [1.807, 2.05) is 65.6 Å². The zero-order valence-electron chi connectivity index (χ0n) is 27.6. The normalized spacial score (nSPS) is 11.8. The molecule has 0 saturated carbocycles. The van der Waals surface area contributed by atoms with E-state index in [1.54, 1.807) is 0 Å². The van der Waals surface area contributed by atoms with E-state index in [0.29, 0.717) is 0 Å². The van der Waals surface area contributed by atoms with E-state index >= 15 is 0 Å². The summed E-state index contributed by atoms with van der Waals surface area (Å²) in [7, 11) is 0. The van der Waals surface area contributed by atoms with Gasteiger partial charge in [-0.2, -0.15) is 5.10 Å². The summed E-state index contributed by atoms with van der Waals surface area (Å²) in [5.74, 6) is 2.33. The first-order valence-electron chi connectivity index (χ1n) is 16.8. The molecule has 0 fully saturated rings. The fraction of sp³-hybridized carbons (Fsp3) is 0.0455. The van der Waals surface area contributed by atoms with Crippen molar-refractivity contribution in [2.45, 2.75) is 13.8 Å². The van der Waals surface area contributed by atoms with Crippen LogP contribution >= 0.6 is 0 Å². The molecule has 4 heterocycles. The SMILES string of the molecule is Cc1cccc2c3cccc(C)c3n(-c3ccnc(-n4c5ccccc5c5ccc(Oc6cccc(-n7cc8ccccc8n7)c6)cc54)c3)c12. The van der Waals surface area contributed by atoms with Gasteiger partial charge in [-0.15, -0.1) is 0 Å². The number of aromatic nitrogens is 5. The standard InChI is InChI=1S/C44H31N5O/c1-28-10-7-16-37-38-17-8-11-29(2)44(38)48(43(28)37)32-22-23-45-42(25-32)49-40-19-6-4-15-35(40)36-21-20-34(26-41(36)49)50-33-14-9-13-31(24-33)47-27-30-12-3-5-18-39(30)46-47/h3-27H,1-2H3. The Morgan fingerprint density at radius 3 is 2.04 bits per heavy atom. The van der Waals surface area contributed by atoms with Crippen LogP contribution in [0.4, 0.5) is 0 Å². The molecule has 0 bridgehead atoms. The number of benzene rings is 6. The number of rotatable bonds is 5. The van der Waals surface area contributed by atoms with E-state index in [0.717, 1.165) is 61.4 Å². The number of aryl methyl sites for hydroxylation is 2. The van der Waals surface area contributed by atoms with Crippen molar-refractivity contribution in [3.8, 4) is 28.7 Å². The van der Waals surface area contributed by atoms with Crippen LogP contribution in [0, 0.1) is 13.8 Å². The Balaban J connectivity index is 1.11. The summed E-state index contributed by atoms with van der Waals surface area (Å²) in [6, 6.07) is 48.4. The fourth-order valence-corrected chi connectivity index (χ4v) is 7.57. The van der Waals surface area contributed by atoms with E-state index < -0.39 is 0 Å². The summed E-state index contributed by atoms with van der Waals surface area (Å²) in [6.45, 7) is 4.38. The first-order chi connectivity index (χ1) is 24.6. The Labute approximate surface area is 288 Å². The van der Waals surface area contributed by atoms with Crippen LogP contribution in [-0.2, 0) is 0 Å². The molecule has 6 aromatic carbocycles. The van der Waals surface area contributed by atoms with Crippen molar-refractivity contribution in [2.75, 3.05) is 0 Å². The molecule has 0 aliphatic rings. The van der Waals surface area contributed by atoms with Crippen molar-refractivity contribution in [3.05, 3.63) is 163 Å². The van der Waals surface area contributed by atoms with Crippen LogP contribution in [-0.4, -0.2) is 23.9 Å². The number of hydrogen-bond donors (Lipinski definition) is 0. The van der Waals surface area contributed by atoms with E-state index in [9.17, 15) is 0 Å². The molecule has 0 amide bonds. The first-order valence-corrected chi connectivity index (χ1v) is 16.8. The molecule has 0 N–H and O–H groups in total. The van der Waals surface area contributed by atoms with Gasteiger partial charge in [0.15, 0.2) is 0 Å². The highest BCUT2D eigenvalue weighted by atomic mass is 16.5. The van der Waals surface area contributed by atoms with Crippen molar-refractivity contribution in [1.82, 2.24) is 23.9 Å². The third kappa shape index (κ3) is 4.35. The summed E-state index contributed by atoms with van der Waals surface area (Å²) in [6.07, 6.45) is 3.96. The molecule has 0 saturated heterocycles. The smallest absolute Gasteiger partial charge is 0.139 e. The van der Waals surface area contributed by atoms with Gasteiger partial charge in [-0.05, 0) is 67.4 Å². The number of para-hydroxylation sites is 3. The van der Waals surface area contributed by atoms with E-state index in [4.69, 9.17) is 14.8 Å². The van der Waals surface area contributed by atoms with Crippen molar-refractivity contribution in [3.63, 3.8) is 0 Å². The quantitative estimate of drug-likeness (QED) is 0.187. The molecule has 238 valence electrons. The van der Waals surface area contributed by atoms with Crippen molar-refractivity contribution < 1.29 is 4.74 Å². The molecule has 6 nitrogen and oxygen atoms in total. The van der Waals surface area contributed by atoms with E-state index in [1.165, 1.54) is 32.9 Å². The fourth-order valence-electron chi connectivity index (χ4n) is 7.57. The Kier molecular flexibility index (Phi) is 6.20. The summed E-state index contributed by atoms with van der Waals surface area (Å²) >= 11 is 0. The zero-order chi connectivity index (χ0) is 33.3. The number of fused-ring (bicyclic) bond motifs is 7. The third-order valence-corrected chi connectivity index (χ3v) is 9.81. The maximum absolute atomic E-state index is 6.54. The van der Waals surface area contributed by atoms with Crippen LogP contribution in [0.1, 0.15) is 11.1 Å². The lowest BCUT2D eigenvalue weighted by atomic mass is 10.1. The van der Waals surface area contributed by atoms with Crippen LogP contribution in [0.5, 0.6) is 11.5 Å². The number of nitrogens with zero attached hydrogens (tertiary/aromatic N) is 5. The minimum absolute atomic E-state index is 0.737. The van der Waals surface area contributed by atoms with Crippen LogP contribution in [0.2, 0.25) is 0 Å². The van der Waals surface area contributed by atoms with Gasteiger partial charge in [0.25, 0.3) is 0 Å². The van der Waals surface area contributed by atoms with Crippen LogP contribution in [0.25, 0.3) is 71.7 Å². The molecular weight excluding hydrogens is 615 g/mol. The van der Waals surface area contributed by atoms with Crippen molar-refractivity contribution in [2.24, 2.45) is 0 Å². The van der Waals surface area contributed by atoms with Gasteiger partial charge in [-0.3, -0.25) is 4.57 Å². The molecule has 10 rings (SSSR count). The highest BCUT2D eigenvalue weighted by Crippen LogP contribution is 2.38. The molecule has 0 aliphatic carbocycles. The van der Waals surface area contributed by atoms with Gasteiger partial charge in [0, 0.05) is 57.5 Å². The lowest BCUT2D eigenvalue weighted by Gasteiger charge is -2.14. The maximum atomic E-state index is 6.54. The topological polar surface area (TPSA) is 49.8 Å². The molecule has 0 spiro atoms. The summed E-state index contributed by atoms with van der Waals surface area (Å²) in [5, 5.41) is 10.7. The minimum atomic E-state index is 0.737. The second-order valence-electron chi connectivity index (χ2n) is 12.9.